The summed E-state index contributed by atoms with van der Waals surface area (Å²) in [6, 6.07) is 9.17. The van der Waals surface area contributed by atoms with Crippen LogP contribution in [-0.2, 0) is 5.41 Å². The Kier molecular flexibility index (Phi) is 4.36. The normalized spacial score (nSPS) is 17.7. The minimum atomic E-state index is -0.402. The fourth-order valence-corrected chi connectivity index (χ4v) is 3.93. The fraction of sp³-hybridized carbons (Fsp3) is 0.421. The van der Waals surface area contributed by atoms with E-state index < -0.39 is 4.92 Å². The number of ether oxygens (including phenoxy) is 2. The Labute approximate surface area is 151 Å². The zero-order chi connectivity index (χ0) is 18.0. The smallest absolute Gasteiger partial charge is 0.311 e. The highest BCUT2D eigenvalue weighted by Gasteiger charge is 2.37. The van der Waals surface area contributed by atoms with Gasteiger partial charge in [-0.15, -0.1) is 0 Å². The third kappa shape index (κ3) is 3.05. The van der Waals surface area contributed by atoms with Crippen LogP contribution >= 0.6 is 0 Å². The lowest BCUT2D eigenvalue weighted by Gasteiger charge is -2.31. The fourth-order valence-electron chi connectivity index (χ4n) is 3.93. The standard InChI is InChI=1S/C19H21N3O4/c23-22(24)15-4-3-9-20-18(15)21-13-19(7-1-2-8-19)14-5-6-16-17(12-14)26-11-10-25-16/h3-6,9,12H,1-2,7-8,10-11,13H2,(H,20,21). The molecule has 0 atom stereocenters. The number of nitro groups is 1. The highest BCUT2D eigenvalue weighted by atomic mass is 16.6. The number of nitrogens with zero attached hydrogens (tertiary/aromatic N) is 2. The van der Waals surface area contributed by atoms with Gasteiger partial charge in [0.15, 0.2) is 11.5 Å². The second-order valence-corrected chi connectivity index (χ2v) is 6.83. The molecule has 7 nitrogen and oxygen atoms in total. The van der Waals surface area contributed by atoms with Crippen molar-refractivity contribution in [2.24, 2.45) is 0 Å². The van der Waals surface area contributed by atoms with Gasteiger partial charge < -0.3 is 14.8 Å². The highest BCUT2D eigenvalue weighted by molar-refractivity contribution is 5.56. The van der Waals surface area contributed by atoms with Crippen LogP contribution in [0.2, 0.25) is 0 Å². The molecule has 2 heterocycles. The van der Waals surface area contributed by atoms with Gasteiger partial charge >= 0.3 is 5.69 Å². The van der Waals surface area contributed by atoms with Crippen LogP contribution in [0.15, 0.2) is 36.5 Å². The molecule has 1 aliphatic heterocycles. The third-order valence-electron chi connectivity index (χ3n) is 5.29. The van der Waals surface area contributed by atoms with Gasteiger partial charge in [-0.3, -0.25) is 10.1 Å². The molecule has 0 radical (unpaired) electrons. The maximum atomic E-state index is 11.2. The SMILES string of the molecule is O=[N+]([O-])c1cccnc1NCC1(c2ccc3c(c2)OCCO3)CCCC1. The molecule has 1 aromatic carbocycles. The molecule has 0 amide bonds. The van der Waals surface area contributed by atoms with Crippen molar-refractivity contribution in [1.82, 2.24) is 4.98 Å². The Morgan fingerprint density at radius 1 is 1.15 bits per heavy atom. The quantitative estimate of drug-likeness (QED) is 0.650. The summed E-state index contributed by atoms with van der Waals surface area (Å²) in [5, 5.41) is 14.5. The van der Waals surface area contributed by atoms with Crippen LogP contribution in [0.4, 0.5) is 11.5 Å². The lowest BCUT2D eigenvalue weighted by atomic mass is 9.78. The van der Waals surface area contributed by atoms with Crippen LogP contribution < -0.4 is 14.8 Å². The summed E-state index contributed by atoms with van der Waals surface area (Å²) in [6.45, 7) is 1.73. The van der Waals surface area contributed by atoms with Gasteiger partial charge in [-0.1, -0.05) is 18.9 Å². The molecule has 0 bridgehead atoms. The summed E-state index contributed by atoms with van der Waals surface area (Å²) in [7, 11) is 0. The van der Waals surface area contributed by atoms with Crippen molar-refractivity contribution in [1.29, 1.82) is 0 Å². The summed E-state index contributed by atoms with van der Waals surface area (Å²) in [5.41, 5.74) is 1.11. The van der Waals surface area contributed by atoms with E-state index in [2.05, 4.69) is 22.4 Å². The van der Waals surface area contributed by atoms with Gasteiger partial charge in [0.2, 0.25) is 5.82 Å². The summed E-state index contributed by atoms with van der Waals surface area (Å²) in [6.07, 6.45) is 5.90. The first kappa shape index (κ1) is 16.6. The number of aromatic nitrogens is 1. The number of pyridine rings is 1. The van der Waals surface area contributed by atoms with Crippen LogP contribution in [-0.4, -0.2) is 29.7 Å². The lowest BCUT2D eigenvalue weighted by Crippen LogP contribution is -2.32. The van der Waals surface area contributed by atoms with E-state index in [4.69, 9.17) is 9.47 Å². The summed E-state index contributed by atoms with van der Waals surface area (Å²) in [5.74, 6) is 1.88. The van der Waals surface area contributed by atoms with Crippen molar-refractivity contribution < 1.29 is 14.4 Å². The van der Waals surface area contributed by atoms with Crippen LogP contribution in [0.3, 0.4) is 0 Å². The van der Waals surface area contributed by atoms with E-state index in [0.29, 0.717) is 25.6 Å². The molecule has 0 unspecified atom stereocenters. The van der Waals surface area contributed by atoms with Gasteiger partial charge in [0.05, 0.1) is 4.92 Å². The molecule has 2 aliphatic rings. The number of nitrogens with one attached hydrogen (secondary N) is 1. The minimum absolute atomic E-state index is 0.00261. The van der Waals surface area contributed by atoms with Crippen molar-refractivity contribution in [3.8, 4) is 11.5 Å². The Morgan fingerprint density at radius 3 is 2.69 bits per heavy atom. The summed E-state index contributed by atoms with van der Waals surface area (Å²) in [4.78, 5) is 15.0. The average molecular weight is 355 g/mol. The molecular weight excluding hydrogens is 334 g/mol. The molecule has 0 spiro atoms. The first-order valence-corrected chi connectivity index (χ1v) is 8.91. The van der Waals surface area contributed by atoms with Crippen LogP contribution in [0.25, 0.3) is 0 Å². The zero-order valence-corrected chi connectivity index (χ0v) is 14.4. The van der Waals surface area contributed by atoms with E-state index in [1.165, 1.54) is 11.6 Å². The number of anilines is 1. The van der Waals surface area contributed by atoms with E-state index in [1.54, 1.807) is 12.3 Å². The molecular formula is C19H21N3O4. The maximum absolute atomic E-state index is 11.2. The Bertz CT molecular complexity index is 818. The van der Waals surface area contributed by atoms with Crippen molar-refractivity contribution in [3.63, 3.8) is 0 Å². The second-order valence-electron chi connectivity index (χ2n) is 6.83. The van der Waals surface area contributed by atoms with E-state index in [0.717, 1.165) is 37.2 Å². The maximum Gasteiger partial charge on any atom is 0.311 e. The van der Waals surface area contributed by atoms with Gasteiger partial charge in [-0.05, 0) is 36.6 Å². The predicted octanol–water partition coefficient (Wildman–Crippen LogP) is 3.68. The van der Waals surface area contributed by atoms with Crippen molar-refractivity contribution in [2.45, 2.75) is 31.1 Å². The Morgan fingerprint density at radius 2 is 1.92 bits per heavy atom. The Hall–Kier alpha value is -2.83. The molecule has 26 heavy (non-hydrogen) atoms. The van der Waals surface area contributed by atoms with Crippen molar-refractivity contribution in [3.05, 3.63) is 52.2 Å². The summed E-state index contributed by atoms with van der Waals surface area (Å²) < 4.78 is 11.4. The molecule has 4 rings (SSSR count). The van der Waals surface area contributed by atoms with Crippen LogP contribution in [0, 0.1) is 10.1 Å². The molecule has 1 saturated carbocycles. The van der Waals surface area contributed by atoms with Crippen molar-refractivity contribution >= 4 is 11.5 Å². The van der Waals surface area contributed by atoms with Crippen LogP contribution in [0.1, 0.15) is 31.2 Å². The molecule has 7 heteroatoms. The van der Waals surface area contributed by atoms with Gasteiger partial charge in [0.1, 0.15) is 13.2 Å². The molecule has 1 aromatic heterocycles. The number of benzene rings is 1. The highest BCUT2D eigenvalue weighted by Crippen LogP contribution is 2.44. The van der Waals surface area contributed by atoms with E-state index in [1.807, 2.05) is 6.07 Å². The number of hydrogen-bond donors (Lipinski definition) is 1. The van der Waals surface area contributed by atoms with Crippen LogP contribution in [0.5, 0.6) is 11.5 Å². The molecule has 1 aliphatic carbocycles. The summed E-state index contributed by atoms with van der Waals surface area (Å²) >= 11 is 0. The minimum Gasteiger partial charge on any atom is -0.486 e. The van der Waals surface area contributed by atoms with Gasteiger partial charge in [-0.25, -0.2) is 4.98 Å². The number of rotatable bonds is 5. The Balaban J connectivity index is 1.61. The largest absolute Gasteiger partial charge is 0.486 e. The zero-order valence-electron chi connectivity index (χ0n) is 14.4. The van der Waals surface area contributed by atoms with E-state index in [9.17, 15) is 10.1 Å². The van der Waals surface area contributed by atoms with Gasteiger partial charge in [0.25, 0.3) is 0 Å². The first-order chi connectivity index (χ1) is 12.7. The lowest BCUT2D eigenvalue weighted by molar-refractivity contribution is -0.384. The molecule has 2 aromatic rings. The van der Waals surface area contributed by atoms with E-state index >= 15 is 0 Å². The molecule has 0 saturated heterocycles. The third-order valence-corrected chi connectivity index (χ3v) is 5.29. The molecule has 136 valence electrons. The average Bonchev–Trinajstić information content (AvgIpc) is 3.16. The monoisotopic (exact) mass is 355 g/mol. The first-order valence-electron chi connectivity index (χ1n) is 8.91. The number of fused-ring (bicyclic) bond motifs is 1. The second kappa shape index (κ2) is 6.82. The number of hydrogen-bond acceptors (Lipinski definition) is 6. The molecule has 1 N–H and O–H groups in total. The van der Waals surface area contributed by atoms with Gasteiger partial charge in [0, 0.05) is 24.2 Å². The topological polar surface area (TPSA) is 86.5 Å². The molecule has 1 fully saturated rings. The van der Waals surface area contributed by atoms with Crippen molar-refractivity contribution in [2.75, 3.05) is 25.1 Å². The van der Waals surface area contributed by atoms with Gasteiger partial charge in [-0.2, -0.15) is 0 Å². The van der Waals surface area contributed by atoms with E-state index in [-0.39, 0.29) is 11.1 Å². The predicted molar refractivity (Wildman–Crippen MR) is 97.0 cm³/mol.